The zero-order chi connectivity index (χ0) is 22.5. The summed E-state index contributed by atoms with van der Waals surface area (Å²) in [4.78, 5) is 32.5. The first-order valence-corrected chi connectivity index (χ1v) is 12.5. The van der Waals surface area contributed by atoms with Crippen molar-refractivity contribution < 1.29 is 17.9 Å². The van der Waals surface area contributed by atoms with Crippen LogP contribution in [-0.2, 0) is 22.0 Å². The number of rotatable bonds is 3. The van der Waals surface area contributed by atoms with Crippen molar-refractivity contribution in [3.05, 3.63) is 27.1 Å². The standard InChI is InChI=1S/C19H27N5O5S2/c1-12-9-24(10-13(2)29-12)31(27,28)23-7-5-22(6-8-23)19(26)16-14(3)15-17(30-16)20-11-21(4)18(15)25/h11-13H,5-10H2,1-4H3. The molecule has 31 heavy (non-hydrogen) atoms. The van der Waals surface area contributed by atoms with Gasteiger partial charge < -0.3 is 14.2 Å². The lowest BCUT2D eigenvalue weighted by atomic mass is 10.2. The summed E-state index contributed by atoms with van der Waals surface area (Å²) in [5.41, 5.74) is 0.452. The molecule has 4 rings (SSSR count). The Hall–Kier alpha value is -1.86. The van der Waals surface area contributed by atoms with Gasteiger partial charge in [0.05, 0.1) is 28.8 Å². The molecule has 2 saturated heterocycles. The summed E-state index contributed by atoms with van der Waals surface area (Å²) in [7, 11) is -1.98. The highest BCUT2D eigenvalue weighted by Crippen LogP contribution is 2.28. The Kier molecular flexibility index (Phi) is 5.94. The van der Waals surface area contributed by atoms with E-state index in [9.17, 15) is 18.0 Å². The van der Waals surface area contributed by atoms with Crippen molar-refractivity contribution >= 4 is 37.7 Å². The molecule has 1 amide bonds. The number of morpholine rings is 1. The molecule has 0 radical (unpaired) electrons. The van der Waals surface area contributed by atoms with E-state index in [1.54, 1.807) is 18.9 Å². The van der Waals surface area contributed by atoms with Gasteiger partial charge in [0.2, 0.25) is 0 Å². The lowest BCUT2D eigenvalue weighted by Gasteiger charge is -2.40. The number of fused-ring (bicyclic) bond motifs is 1. The largest absolute Gasteiger partial charge is 0.373 e. The van der Waals surface area contributed by atoms with Crippen LogP contribution < -0.4 is 5.56 Å². The molecule has 2 unspecified atom stereocenters. The number of carbonyl (C=O) groups is 1. The second-order valence-corrected chi connectivity index (χ2v) is 11.1. The van der Waals surface area contributed by atoms with Crippen LogP contribution in [0, 0.1) is 6.92 Å². The average molecular weight is 470 g/mol. The maximum Gasteiger partial charge on any atom is 0.282 e. The van der Waals surface area contributed by atoms with Crippen molar-refractivity contribution in [3.63, 3.8) is 0 Å². The summed E-state index contributed by atoms with van der Waals surface area (Å²) in [6.45, 7) is 7.21. The van der Waals surface area contributed by atoms with E-state index in [2.05, 4.69) is 4.98 Å². The van der Waals surface area contributed by atoms with Crippen LogP contribution >= 0.6 is 11.3 Å². The molecule has 0 saturated carbocycles. The molecule has 0 aromatic carbocycles. The van der Waals surface area contributed by atoms with Gasteiger partial charge in [-0.1, -0.05) is 0 Å². The third-order valence-corrected chi connectivity index (χ3v) is 8.93. The first kappa shape index (κ1) is 22.3. The van der Waals surface area contributed by atoms with E-state index in [-0.39, 0.29) is 36.8 Å². The summed E-state index contributed by atoms with van der Waals surface area (Å²) in [5.74, 6) is -0.187. The number of carbonyl (C=O) groups excluding carboxylic acids is 1. The van der Waals surface area contributed by atoms with Crippen LogP contribution in [0.25, 0.3) is 10.2 Å². The van der Waals surface area contributed by atoms with Crippen molar-refractivity contribution in [3.8, 4) is 0 Å². The SMILES string of the molecule is Cc1c(C(=O)N2CCN(S(=O)(=O)N3CC(C)OC(C)C3)CC2)sc2ncn(C)c(=O)c12. The molecule has 2 aromatic rings. The summed E-state index contributed by atoms with van der Waals surface area (Å²) < 4.78 is 36.1. The third kappa shape index (κ3) is 4.02. The van der Waals surface area contributed by atoms with Gasteiger partial charge in [-0.3, -0.25) is 9.59 Å². The number of amides is 1. The second kappa shape index (κ2) is 8.24. The molecule has 2 aliphatic rings. The van der Waals surface area contributed by atoms with Crippen LogP contribution in [-0.4, -0.2) is 88.9 Å². The zero-order valence-electron chi connectivity index (χ0n) is 18.1. The quantitative estimate of drug-likeness (QED) is 0.645. The molecule has 10 nitrogen and oxygen atoms in total. The predicted octanol–water partition coefficient (Wildman–Crippen LogP) is 0.415. The van der Waals surface area contributed by atoms with Gasteiger partial charge in [-0.05, 0) is 26.3 Å². The van der Waals surface area contributed by atoms with Gasteiger partial charge in [0.1, 0.15) is 4.83 Å². The van der Waals surface area contributed by atoms with Gasteiger partial charge in [-0.25, -0.2) is 4.98 Å². The maximum absolute atomic E-state index is 13.1. The molecule has 2 aromatic heterocycles. The fourth-order valence-corrected chi connectivity index (χ4v) is 7.02. The highest BCUT2D eigenvalue weighted by atomic mass is 32.2. The van der Waals surface area contributed by atoms with E-state index in [0.29, 0.717) is 46.8 Å². The van der Waals surface area contributed by atoms with Crippen LogP contribution in [0.5, 0.6) is 0 Å². The summed E-state index contributed by atoms with van der Waals surface area (Å²) in [6, 6.07) is 0. The Morgan fingerprint density at radius 2 is 1.74 bits per heavy atom. The number of aryl methyl sites for hydroxylation is 2. The van der Waals surface area contributed by atoms with Crippen molar-refractivity contribution in [2.24, 2.45) is 7.05 Å². The Bertz CT molecular complexity index is 1160. The van der Waals surface area contributed by atoms with E-state index >= 15 is 0 Å². The summed E-state index contributed by atoms with van der Waals surface area (Å²) in [5, 5.41) is 0.468. The minimum absolute atomic E-state index is 0.154. The number of hydrogen-bond donors (Lipinski definition) is 0. The maximum atomic E-state index is 13.1. The molecule has 0 spiro atoms. The van der Waals surface area contributed by atoms with E-state index < -0.39 is 10.2 Å². The van der Waals surface area contributed by atoms with Crippen LogP contribution in [0.4, 0.5) is 0 Å². The Labute approximate surface area is 185 Å². The molecule has 12 heteroatoms. The summed E-state index contributed by atoms with van der Waals surface area (Å²) in [6.07, 6.45) is 1.14. The van der Waals surface area contributed by atoms with Gasteiger partial charge in [0.25, 0.3) is 21.7 Å². The van der Waals surface area contributed by atoms with Crippen molar-refractivity contribution in [2.45, 2.75) is 33.0 Å². The topological polar surface area (TPSA) is 105 Å². The highest BCUT2D eigenvalue weighted by Gasteiger charge is 2.37. The smallest absolute Gasteiger partial charge is 0.282 e. The van der Waals surface area contributed by atoms with Crippen molar-refractivity contribution in [2.75, 3.05) is 39.3 Å². The molecule has 0 bridgehead atoms. The number of ether oxygens (including phenoxy) is 1. The number of hydrogen-bond acceptors (Lipinski definition) is 7. The summed E-state index contributed by atoms with van der Waals surface area (Å²) >= 11 is 1.21. The number of piperazine rings is 1. The fraction of sp³-hybridized carbons (Fsp3) is 0.632. The second-order valence-electron chi connectivity index (χ2n) is 8.17. The van der Waals surface area contributed by atoms with Gasteiger partial charge in [0.15, 0.2) is 0 Å². The Morgan fingerprint density at radius 3 is 2.35 bits per heavy atom. The van der Waals surface area contributed by atoms with Crippen LogP contribution in [0.1, 0.15) is 29.1 Å². The van der Waals surface area contributed by atoms with Crippen LogP contribution in [0.3, 0.4) is 0 Å². The normalized spacial score (nSPS) is 24.1. The van der Waals surface area contributed by atoms with E-state index in [1.807, 2.05) is 13.8 Å². The molecular formula is C19H27N5O5S2. The number of nitrogens with zero attached hydrogens (tertiary/aromatic N) is 5. The minimum Gasteiger partial charge on any atom is -0.373 e. The molecule has 0 aliphatic carbocycles. The first-order chi connectivity index (χ1) is 14.6. The van der Waals surface area contributed by atoms with Crippen LogP contribution in [0.2, 0.25) is 0 Å². The van der Waals surface area contributed by atoms with E-state index in [1.165, 1.54) is 30.8 Å². The Morgan fingerprint density at radius 1 is 1.13 bits per heavy atom. The minimum atomic E-state index is -3.61. The van der Waals surface area contributed by atoms with Crippen molar-refractivity contribution in [1.29, 1.82) is 0 Å². The molecular weight excluding hydrogens is 442 g/mol. The molecule has 2 atom stereocenters. The van der Waals surface area contributed by atoms with Crippen molar-refractivity contribution in [1.82, 2.24) is 23.1 Å². The Balaban J connectivity index is 1.48. The van der Waals surface area contributed by atoms with Gasteiger partial charge in [-0.15, -0.1) is 11.3 Å². The van der Waals surface area contributed by atoms with Gasteiger partial charge in [-0.2, -0.15) is 17.0 Å². The highest BCUT2D eigenvalue weighted by molar-refractivity contribution is 7.86. The van der Waals surface area contributed by atoms with Crippen LogP contribution in [0.15, 0.2) is 11.1 Å². The number of aromatic nitrogens is 2. The van der Waals surface area contributed by atoms with Gasteiger partial charge in [0, 0.05) is 46.3 Å². The van der Waals surface area contributed by atoms with E-state index in [4.69, 9.17) is 4.74 Å². The van der Waals surface area contributed by atoms with E-state index in [0.717, 1.165) is 0 Å². The molecule has 170 valence electrons. The molecule has 0 N–H and O–H groups in total. The van der Waals surface area contributed by atoms with Gasteiger partial charge >= 0.3 is 0 Å². The molecule has 2 fully saturated rings. The number of thiophene rings is 1. The first-order valence-electron chi connectivity index (χ1n) is 10.2. The monoisotopic (exact) mass is 469 g/mol. The lowest BCUT2D eigenvalue weighted by molar-refractivity contribution is -0.0457. The average Bonchev–Trinajstić information content (AvgIpc) is 3.06. The zero-order valence-corrected chi connectivity index (χ0v) is 19.7. The molecule has 2 aliphatic heterocycles. The third-order valence-electron chi connectivity index (χ3n) is 5.77. The lowest BCUT2D eigenvalue weighted by Crippen LogP contribution is -2.57. The molecule has 4 heterocycles. The predicted molar refractivity (Wildman–Crippen MR) is 118 cm³/mol. The fourth-order valence-electron chi connectivity index (χ4n) is 4.16.